The lowest BCUT2D eigenvalue weighted by molar-refractivity contribution is 0.445. The van der Waals surface area contributed by atoms with Crippen LogP contribution in [-0.2, 0) is 0 Å². The molecule has 2 aliphatic heterocycles. The average Bonchev–Trinajstić information content (AvgIpc) is 3.81. The number of rotatable bonds is 4. The Bertz CT molecular complexity index is 3440. The summed E-state index contributed by atoms with van der Waals surface area (Å²) in [5, 5.41) is 4.77. The van der Waals surface area contributed by atoms with E-state index in [1.807, 2.05) is 48.8 Å². The second-order valence-electron chi connectivity index (χ2n) is 15.2. The Morgan fingerprint density at radius 1 is 0.339 bits per heavy atom. The van der Waals surface area contributed by atoms with Gasteiger partial charge in [-0.05, 0) is 101 Å². The molecule has 0 atom stereocenters. The summed E-state index contributed by atoms with van der Waals surface area (Å²) in [4.78, 5) is 6.57. The van der Waals surface area contributed by atoms with Crippen molar-refractivity contribution in [2.24, 2.45) is 0 Å². The molecule has 59 heavy (non-hydrogen) atoms. The maximum absolute atomic E-state index is 6.67. The normalized spacial score (nSPS) is 12.6. The topological polar surface area (TPSA) is 44.5 Å². The number of ether oxygens (including phenoxy) is 2. The molecular weight excluding hydrogens is 725 g/mol. The summed E-state index contributed by atoms with van der Waals surface area (Å²) in [5.41, 5.74) is 14.2. The fourth-order valence-corrected chi connectivity index (χ4v) is 9.35. The molecule has 0 fully saturated rings. The molecule has 0 saturated carbocycles. The first-order valence-electron chi connectivity index (χ1n) is 19.9. The van der Waals surface area contributed by atoms with E-state index in [9.17, 15) is 0 Å². The van der Waals surface area contributed by atoms with E-state index in [1.54, 1.807) is 0 Å². The molecule has 0 N–H and O–H groups in total. The van der Waals surface area contributed by atoms with Crippen molar-refractivity contribution in [1.82, 2.24) is 14.1 Å². The molecule has 13 rings (SSSR count). The van der Waals surface area contributed by atoms with Gasteiger partial charge in [0.05, 0.1) is 39.1 Å². The molecule has 0 bridgehead atoms. The van der Waals surface area contributed by atoms with Crippen LogP contribution in [0.25, 0.3) is 77.2 Å². The van der Waals surface area contributed by atoms with Crippen LogP contribution in [-0.4, -0.2) is 14.1 Å². The maximum Gasteiger partial charge on any atom is 0.157 e. The number of hydrogen-bond donors (Lipinski definition) is 0. The van der Waals surface area contributed by atoms with Gasteiger partial charge in [-0.2, -0.15) is 0 Å². The lowest BCUT2D eigenvalue weighted by Crippen LogP contribution is -2.20. The Hall–Kier alpha value is -8.09. The zero-order chi connectivity index (χ0) is 38.6. The number of pyridine rings is 1. The number of para-hydroxylation sites is 5. The standard InChI is InChI=1S/C53H32N4O2/c1-2-10-33(11-3-1)34-18-21-45-41(28-34)42-30-36(20-23-46(42)55(45)37-24-26-54-27-25-37)35-19-22-44-40(29-35)39-12-4-5-13-43(39)56(44)38-31-51-53-52(32-38)59-50-17-9-7-15-48(50)57(53)47-14-6-8-16-49(47)58-51/h1-32H. The Morgan fingerprint density at radius 2 is 0.814 bits per heavy atom. The van der Waals surface area contributed by atoms with Crippen LogP contribution >= 0.6 is 0 Å². The first-order valence-corrected chi connectivity index (χ1v) is 19.9. The summed E-state index contributed by atoms with van der Waals surface area (Å²) in [6, 6.07) is 64.6. The Morgan fingerprint density at radius 3 is 1.42 bits per heavy atom. The highest BCUT2D eigenvalue weighted by atomic mass is 16.5. The minimum absolute atomic E-state index is 0.753. The first kappa shape index (κ1) is 32.0. The molecule has 3 aromatic heterocycles. The minimum atomic E-state index is 0.753. The maximum atomic E-state index is 6.67. The van der Waals surface area contributed by atoms with Gasteiger partial charge < -0.3 is 18.6 Å². The van der Waals surface area contributed by atoms with E-state index in [0.717, 1.165) is 84.6 Å². The van der Waals surface area contributed by atoms with Crippen molar-refractivity contribution in [3.63, 3.8) is 0 Å². The zero-order valence-electron chi connectivity index (χ0n) is 31.6. The summed E-state index contributed by atoms with van der Waals surface area (Å²) in [6.45, 7) is 0. The van der Waals surface area contributed by atoms with Gasteiger partial charge in [0.2, 0.25) is 0 Å². The largest absolute Gasteiger partial charge is 0.453 e. The second kappa shape index (κ2) is 12.2. The number of benzene rings is 8. The molecule has 5 heterocycles. The molecule has 0 saturated heterocycles. The SMILES string of the molecule is c1ccc(-c2ccc3c(c2)c2cc(-c4ccc5c(c4)c4ccccc4n5-c4cc5c6c(c4)Oc4ccccc4N6c4ccccc4O5)ccc2n3-c2ccncc2)cc1. The molecule has 0 aliphatic carbocycles. The van der Waals surface area contributed by atoms with Gasteiger partial charge >= 0.3 is 0 Å². The molecule has 6 heteroatoms. The molecule has 0 amide bonds. The third kappa shape index (κ3) is 4.71. The summed E-state index contributed by atoms with van der Waals surface area (Å²) >= 11 is 0. The highest BCUT2D eigenvalue weighted by molar-refractivity contribution is 6.13. The van der Waals surface area contributed by atoms with Crippen molar-refractivity contribution in [2.45, 2.75) is 0 Å². The van der Waals surface area contributed by atoms with Crippen LogP contribution in [0.2, 0.25) is 0 Å². The summed E-state index contributed by atoms with van der Waals surface area (Å²) in [6.07, 6.45) is 3.72. The molecule has 2 aliphatic rings. The fraction of sp³-hybridized carbons (Fsp3) is 0. The monoisotopic (exact) mass is 756 g/mol. The van der Waals surface area contributed by atoms with E-state index in [1.165, 1.54) is 32.7 Å². The molecule has 6 nitrogen and oxygen atoms in total. The number of nitrogens with zero attached hydrogens (tertiary/aromatic N) is 4. The number of hydrogen-bond acceptors (Lipinski definition) is 4. The van der Waals surface area contributed by atoms with E-state index >= 15 is 0 Å². The van der Waals surface area contributed by atoms with Crippen LogP contribution in [0.3, 0.4) is 0 Å². The van der Waals surface area contributed by atoms with Crippen LogP contribution in [0, 0.1) is 0 Å². The predicted octanol–water partition coefficient (Wildman–Crippen LogP) is 14.3. The van der Waals surface area contributed by atoms with Gasteiger partial charge in [0.1, 0.15) is 5.69 Å². The highest BCUT2D eigenvalue weighted by Gasteiger charge is 2.35. The molecule has 11 aromatic rings. The summed E-state index contributed by atoms with van der Waals surface area (Å²) in [7, 11) is 0. The number of anilines is 3. The quantitative estimate of drug-likeness (QED) is 0.179. The molecule has 0 radical (unpaired) electrons. The highest BCUT2D eigenvalue weighted by Crippen LogP contribution is 2.60. The van der Waals surface area contributed by atoms with Crippen molar-refractivity contribution in [2.75, 3.05) is 4.90 Å². The van der Waals surface area contributed by atoms with Gasteiger partial charge in [-0.15, -0.1) is 0 Å². The van der Waals surface area contributed by atoms with Gasteiger partial charge in [0.25, 0.3) is 0 Å². The molecule has 0 unspecified atom stereocenters. The number of fused-ring (bicyclic) bond motifs is 10. The smallest absolute Gasteiger partial charge is 0.157 e. The van der Waals surface area contributed by atoms with Crippen LogP contribution in [0.4, 0.5) is 17.1 Å². The van der Waals surface area contributed by atoms with Gasteiger partial charge in [-0.25, -0.2) is 0 Å². The molecule has 0 spiro atoms. The van der Waals surface area contributed by atoms with E-state index < -0.39 is 0 Å². The lowest BCUT2D eigenvalue weighted by atomic mass is 9.99. The third-order valence-corrected chi connectivity index (χ3v) is 12.0. The minimum Gasteiger partial charge on any atom is -0.453 e. The van der Waals surface area contributed by atoms with Crippen molar-refractivity contribution < 1.29 is 9.47 Å². The van der Waals surface area contributed by atoms with Gasteiger partial charge in [-0.1, -0.05) is 91.0 Å². The predicted molar refractivity (Wildman–Crippen MR) is 239 cm³/mol. The zero-order valence-corrected chi connectivity index (χ0v) is 31.6. The second-order valence-corrected chi connectivity index (χ2v) is 15.2. The van der Waals surface area contributed by atoms with Crippen LogP contribution < -0.4 is 14.4 Å². The van der Waals surface area contributed by atoms with Crippen LogP contribution in [0.5, 0.6) is 23.0 Å². The Labute approximate surface area is 339 Å². The van der Waals surface area contributed by atoms with Crippen molar-refractivity contribution in [3.05, 3.63) is 194 Å². The van der Waals surface area contributed by atoms with E-state index in [-0.39, 0.29) is 0 Å². The van der Waals surface area contributed by atoms with Crippen molar-refractivity contribution >= 4 is 60.7 Å². The van der Waals surface area contributed by atoms with E-state index in [2.05, 4.69) is 165 Å². The number of aromatic nitrogens is 3. The van der Waals surface area contributed by atoms with Gasteiger partial charge in [0, 0.05) is 51.8 Å². The van der Waals surface area contributed by atoms with Crippen molar-refractivity contribution in [1.29, 1.82) is 0 Å². The summed E-state index contributed by atoms with van der Waals surface area (Å²) < 4.78 is 18.0. The van der Waals surface area contributed by atoms with Gasteiger partial charge in [0.15, 0.2) is 23.0 Å². The fourth-order valence-electron chi connectivity index (χ4n) is 9.35. The Balaban J connectivity index is 0.988. The average molecular weight is 757 g/mol. The van der Waals surface area contributed by atoms with Crippen LogP contribution in [0.15, 0.2) is 194 Å². The summed E-state index contributed by atoms with van der Waals surface area (Å²) in [5.74, 6) is 3.12. The first-order chi connectivity index (χ1) is 29.2. The van der Waals surface area contributed by atoms with E-state index in [4.69, 9.17) is 9.47 Å². The third-order valence-electron chi connectivity index (χ3n) is 12.0. The van der Waals surface area contributed by atoms with Gasteiger partial charge in [-0.3, -0.25) is 9.88 Å². The van der Waals surface area contributed by atoms with E-state index in [0.29, 0.717) is 0 Å². The van der Waals surface area contributed by atoms with Crippen molar-refractivity contribution in [3.8, 4) is 56.6 Å². The molecular formula is C53H32N4O2. The lowest BCUT2D eigenvalue weighted by Gasteiger charge is -2.38. The molecule has 276 valence electrons. The Kier molecular flexibility index (Phi) is 6.63. The van der Waals surface area contributed by atoms with Crippen LogP contribution in [0.1, 0.15) is 0 Å². The molecule has 8 aromatic carbocycles.